The number of ether oxygens (including phenoxy) is 1. The molecule has 1 rings (SSSR count). The second-order valence-electron chi connectivity index (χ2n) is 4.13. The molecule has 0 heterocycles. The van der Waals surface area contributed by atoms with Crippen LogP contribution in [0.25, 0.3) is 0 Å². The van der Waals surface area contributed by atoms with Crippen LogP contribution in [-0.2, 0) is 4.74 Å². The number of nitrogens with one attached hydrogen (secondary N) is 1. The van der Waals surface area contributed by atoms with E-state index in [1.165, 1.54) is 6.07 Å². The summed E-state index contributed by atoms with van der Waals surface area (Å²) in [6, 6.07) is 3.34. The normalized spacial score (nSPS) is 14.6. The number of hydrogen-bond acceptors (Lipinski definition) is 2. The van der Waals surface area contributed by atoms with Crippen LogP contribution in [0.15, 0.2) is 18.2 Å². The Hall–Kier alpha value is -1.00. The second kappa shape index (κ2) is 6.67. The standard InChI is InChI=1S/C13H19F2NO/c1-9(17-3)4-7-13(16-2)11-8-10(14)5-6-12(11)15/h5-6,8-9,13,16H,4,7H2,1-3H3. The van der Waals surface area contributed by atoms with E-state index in [-0.39, 0.29) is 18.0 Å². The molecule has 17 heavy (non-hydrogen) atoms. The highest BCUT2D eigenvalue weighted by Gasteiger charge is 2.15. The first-order valence-corrected chi connectivity index (χ1v) is 5.73. The van der Waals surface area contributed by atoms with Crippen LogP contribution in [0.5, 0.6) is 0 Å². The second-order valence-corrected chi connectivity index (χ2v) is 4.13. The highest BCUT2D eigenvalue weighted by Crippen LogP contribution is 2.23. The molecular weight excluding hydrogens is 224 g/mol. The quantitative estimate of drug-likeness (QED) is 0.829. The Bertz CT molecular complexity index is 357. The highest BCUT2D eigenvalue weighted by molar-refractivity contribution is 5.22. The molecule has 0 spiro atoms. The molecule has 0 saturated heterocycles. The Balaban J connectivity index is 2.75. The molecule has 1 aromatic rings. The van der Waals surface area contributed by atoms with Gasteiger partial charge in [-0.3, -0.25) is 0 Å². The SMILES string of the molecule is CNC(CCC(C)OC)c1cc(F)ccc1F. The molecule has 0 saturated carbocycles. The minimum atomic E-state index is -0.415. The minimum absolute atomic E-state index is 0.113. The van der Waals surface area contributed by atoms with Gasteiger partial charge in [-0.05, 0) is 45.0 Å². The lowest BCUT2D eigenvalue weighted by Gasteiger charge is -2.19. The molecule has 0 bridgehead atoms. The maximum Gasteiger partial charge on any atom is 0.128 e. The van der Waals surface area contributed by atoms with Crippen molar-refractivity contribution < 1.29 is 13.5 Å². The van der Waals surface area contributed by atoms with Crippen LogP contribution in [0.2, 0.25) is 0 Å². The van der Waals surface area contributed by atoms with E-state index in [0.717, 1.165) is 18.6 Å². The van der Waals surface area contributed by atoms with Gasteiger partial charge in [-0.1, -0.05) is 0 Å². The average Bonchev–Trinajstić information content (AvgIpc) is 2.33. The summed E-state index contributed by atoms with van der Waals surface area (Å²) in [6.07, 6.45) is 1.60. The van der Waals surface area contributed by atoms with Gasteiger partial charge in [-0.25, -0.2) is 8.78 Å². The van der Waals surface area contributed by atoms with E-state index < -0.39 is 5.82 Å². The maximum absolute atomic E-state index is 13.6. The van der Waals surface area contributed by atoms with Crippen molar-refractivity contribution in [2.45, 2.75) is 31.9 Å². The van der Waals surface area contributed by atoms with Crippen LogP contribution in [0, 0.1) is 11.6 Å². The van der Waals surface area contributed by atoms with Crippen molar-refractivity contribution in [1.82, 2.24) is 5.32 Å². The zero-order chi connectivity index (χ0) is 12.8. The van der Waals surface area contributed by atoms with Crippen LogP contribution in [0.3, 0.4) is 0 Å². The molecule has 0 aromatic heterocycles. The third-order valence-corrected chi connectivity index (χ3v) is 2.95. The van der Waals surface area contributed by atoms with Crippen LogP contribution >= 0.6 is 0 Å². The summed E-state index contributed by atoms with van der Waals surface area (Å²) in [7, 11) is 3.38. The zero-order valence-electron chi connectivity index (χ0n) is 10.5. The van der Waals surface area contributed by atoms with E-state index in [9.17, 15) is 8.78 Å². The van der Waals surface area contributed by atoms with Crippen molar-refractivity contribution in [3.63, 3.8) is 0 Å². The number of halogens is 2. The van der Waals surface area contributed by atoms with Gasteiger partial charge in [0.1, 0.15) is 11.6 Å². The van der Waals surface area contributed by atoms with Gasteiger partial charge >= 0.3 is 0 Å². The van der Waals surface area contributed by atoms with Crippen molar-refractivity contribution in [2.24, 2.45) is 0 Å². The molecule has 0 aliphatic carbocycles. The van der Waals surface area contributed by atoms with E-state index in [1.54, 1.807) is 14.2 Å². The van der Waals surface area contributed by atoms with Crippen LogP contribution in [0.1, 0.15) is 31.4 Å². The van der Waals surface area contributed by atoms with Crippen LogP contribution < -0.4 is 5.32 Å². The van der Waals surface area contributed by atoms with Gasteiger partial charge in [-0.2, -0.15) is 0 Å². The minimum Gasteiger partial charge on any atom is -0.382 e. The molecule has 1 N–H and O–H groups in total. The number of rotatable bonds is 6. The number of methoxy groups -OCH3 is 1. The molecule has 2 unspecified atom stereocenters. The monoisotopic (exact) mass is 243 g/mol. The van der Waals surface area contributed by atoms with Gasteiger partial charge in [0.25, 0.3) is 0 Å². The fraction of sp³-hybridized carbons (Fsp3) is 0.538. The molecule has 0 fully saturated rings. The molecule has 2 nitrogen and oxygen atoms in total. The van der Waals surface area contributed by atoms with Gasteiger partial charge in [-0.15, -0.1) is 0 Å². The van der Waals surface area contributed by atoms with Crippen molar-refractivity contribution in [1.29, 1.82) is 0 Å². The molecule has 0 amide bonds. The van der Waals surface area contributed by atoms with Crippen LogP contribution in [-0.4, -0.2) is 20.3 Å². The summed E-state index contributed by atoms with van der Waals surface area (Å²) in [4.78, 5) is 0. The zero-order valence-corrected chi connectivity index (χ0v) is 10.5. The first-order chi connectivity index (χ1) is 8.08. The summed E-state index contributed by atoms with van der Waals surface area (Å²) in [5.74, 6) is -0.794. The predicted molar refractivity (Wildman–Crippen MR) is 63.9 cm³/mol. The third kappa shape index (κ3) is 4.06. The van der Waals surface area contributed by atoms with Gasteiger partial charge in [0.2, 0.25) is 0 Å². The third-order valence-electron chi connectivity index (χ3n) is 2.95. The Morgan fingerprint density at radius 1 is 1.29 bits per heavy atom. The largest absolute Gasteiger partial charge is 0.382 e. The first-order valence-electron chi connectivity index (χ1n) is 5.73. The molecular formula is C13H19F2NO. The molecule has 2 atom stereocenters. The summed E-state index contributed by atoms with van der Waals surface area (Å²) >= 11 is 0. The summed E-state index contributed by atoms with van der Waals surface area (Å²) in [5.41, 5.74) is 0.371. The van der Waals surface area contributed by atoms with E-state index in [4.69, 9.17) is 4.74 Å². The topological polar surface area (TPSA) is 21.3 Å². The lowest BCUT2D eigenvalue weighted by molar-refractivity contribution is 0.106. The lowest BCUT2D eigenvalue weighted by atomic mass is 10.00. The summed E-state index contributed by atoms with van der Waals surface area (Å²) in [6.45, 7) is 1.95. The fourth-order valence-electron chi connectivity index (χ4n) is 1.76. The van der Waals surface area contributed by atoms with Gasteiger partial charge < -0.3 is 10.1 Å². The Kier molecular flexibility index (Phi) is 5.51. The first kappa shape index (κ1) is 14.1. The maximum atomic E-state index is 13.6. The van der Waals surface area contributed by atoms with E-state index in [1.807, 2.05) is 6.92 Å². The molecule has 96 valence electrons. The lowest BCUT2D eigenvalue weighted by Crippen LogP contribution is -2.20. The van der Waals surface area contributed by atoms with Crippen molar-refractivity contribution in [3.05, 3.63) is 35.4 Å². The van der Waals surface area contributed by atoms with Crippen molar-refractivity contribution >= 4 is 0 Å². The molecule has 1 aromatic carbocycles. The smallest absolute Gasteiger partial charge is 0.128 e. The molecule has 0 aliphatic heterocycles. The molecule has 0 aliphatic rings. The summed E-state index contributed by atoms with van der Waals surface area (Å²) in [5, 5.41) is 3.00. The molecule has 0 radical (unpaired) electrons. The van der Waals surface area contributed by atoms with Gasteiger partial charge in [0.05, 0.1) is 6.10 Å². The van der Waals surface area contributed by atoms with E-state index in [2.05, 4.69) is 5.32 Å². The van der Waals surface area contributed by atoms with Crippen molar-refractivity contribution in [3.8, 4) is 0 Å². The van der Waals surface area contributed by atoms with Crippen LogP contribution in [0.4, 0.5) is 8.78 Å². The Labute approximate surface area is 101 Å². The van der Waals surface area contributed by atoms with Gasteiger partial charge in [0, 0.05) is 18.7 Å². The fourth-order valence-corrected chi connectivity index (χ4v) is 1.76. The van der Waals surface area contributed by atoms with Gasteiger partial charge in [0.15, 0.2) is 0 Å². The number of hydrogen-bond donors (Lipinski definition) is 1. The highest BCUT2D eigenvalue weighted by atomic mass is 19.1. The Morgan fingerprint density at radius 3 is 2.59 bits per heavy atom. The summed E-state index contributed by atoms with van der Waals surface area (Å²) < 4.78 is 31.8. The van der Waals surface area contributed by atoms with E-state index in [0.29, 0.717) is 12.0 Å². The van der Waals surface area contributed by atoms with E-state index >= 15 is 0 Å². The average molecular weight is 243 g/mol. The molecule has 4 heteroatoms. The predicted octanol–water partition coefficient (Wildman–Crippen LogP) is 3.04. The Morgan fingerprint density at radius 2 is 2.00 bits per heavy atom. The van der Waals surface area contributed by atoms with Crippen molar-refractivity contribution in [2.75, 3.05) is 14.2 Å². The number of benzene rings is 1.